The van der Waals surface area contributed by atoms with Crippen molar-refractivity contribution in [3.8, 4) is 0 Å². The Balaban J connectivity index is 2.73. The highest BCUT2D eigenvalue weighted by Gasteiger charge is 2.06. The minimum Gasteiger partial charge on any atom is -0.390 e. The number of aromatic nitrogens is 1. The van der Waals surface area contributed by atoms with Gasteiger partial charge in [-0.2, -0.15) is 0 Å². The molecule has 0 bridgehead atoms. The predicted octanol–water partition coefficient (Wildman–Crippen LogP) is 1.70. The molecule has 1 aromatic heterocycles. The summed E-state index contributed by atoms with van der Waals surface area (Å²) in [5.74, 6) is 0.289. The maximum Gasteiger partial charge on any atom is 0.0854 e. The fourth-order valence-corrected chi connectivity index (χ4v) is 1.34. The third-order valence-electron chi connectivity index (χ3n) is 1.99. The zero-order valence-electron chi connectivity index (χ0n) is 7.42. The third-order valence-corrected chi connectivity index (χ3v) is 2.34. The van der Waals surface area contributed by atoms with Crippen molar-refractivity contribution in [2.45, 2.75) is 26.5 Å². The molecule has 0 aromatic carbocycles. The quantitative estimate of drug-likeness (QED) is 0.717. The van der Waals surface area contributed by atoms with Gasteiger partial charge in [-0.3, -0.25) is 0 Å². The van der Waals surface area contributed by atoms with E-state index >= 15 is 0 Å². The van der Waals surface area contributed by atoms with Gasteiger partial charge in [0.15, 0.2) is 0 Å². The van der Waals surface area contributed by atoms with Crippen LogP contribution in [0.4, 0.5) is 0 Å². The van der Waals surface area contributed by atoms with Crippen LogP contribution in [-0.4, -0.2) is 21.7 Å². The van der Waals surface area contributed by atoms with Gasteiger partial charge in [0.1, 0.15) is 0 Å². The molecule has 1 aromatic rings. The largest absolute Gasteiger partial charge is 0.390 e. The molecule has 1 atom stereocenters. The summed E-state index contributed by atoms with van der Waals surface area (Å²) in [6.45, 7) is 4.63. The van der Waals surface area contributed by atoms with E-state index < -0.39 is 6.10 Å². The van der Waals surface area contributed by atoms with E-state index in [4.69, 9.17) is 11.6 Å². The minimum atomic E-state index is -0.448. The number of halogens is 1. The van der Waals surface area contributed by atoms with Crippen LogP contribution in [-0.2, 0) is 6.54 Å². The molecule has 0 aliphatic rings. The zero-order chi connectivity index (χ0) is 9.14. The van der Waals surface area contributed by atoms with E-state index in [0.29, 0.717) is 6.54 Å². The van der Waals surface area contributed by atoms with Gasteiger partial charge in [-0.25, -0.2) is 0 Å². The Morgan fingerprint density at radius 2 is 1.92 bits per heavy atom. The number of aliphatic hydroxyl groups is 1. The molecule has 1 heterocycles. The Labute approximate surface area is 77.8 Å². The molecule has 0 aliphatic heterocycles. The number of rotatable bonds is 3. The Morgan fingerprint density at radius 1 is 1.42 bits per heavy atom. The van der Waals surface area contributed by atoms with Gasteiger partial charge in [0.2, 0.25) is 0 Å². The standard InChI is InChI=1S/C9H14ClNO/c1-7-3-4-8(2)11(7)6-9(12)5-10/h3-4,9,12H,5-6H2,1-2H3/t9-/m0/s1. The molecule has 3 heteroatoms. The summed E-state index contributed by atoms with van der Waals surface area (Å²) in [4.78, 5) is 0. The molecule has 0 unspecified atom stereocenters. The summed E-state index contributed by atoms with van der Waals surface area (Å²) in [6.07, 6.45) is -0.448. The number of alkyl halides is 1. The summed E-state index contributed by atoms with van der Waals surface area (Å²) in [7, 11) is 0. The Morgan fingerprint density at radius 3 is 2.33 bits per heavy atom. The minimum absolute atomic E-state index is 0.289. The van der Waals surface area contributed by atoms with Gasteiger partial charge in [-0.15, -0.1) is 11.6 Å². The average molecular weight is 188 g/mol. The normalized spacial score (nSPS) is 13.3. The second-order valence-electron chi connectivity index (χ2n) is 3.03. The van der Waals surface area contributed by atoms with Gasteiger partial charge in [0, 0.05) is 17.9 Å². The van der Waals surface area contributed by atoms with Crippen molar-refractivity contribution in [3.63, 3.8) is 0 Å². The smallest absolute Gasteiger partial charge is 0.0854 e. The molecule has 0 saturated carbocycles. The maximum absolute atomic E-state index is 9.33. The fourth-order valence-electron chi connectivity index (χ4n) is 1.25. The molecule has 1 rings (SSSR count). The van der Waals surface area contributed by atoms with Gasteiger partial charge < -0.3 is 9.67 Å². The lowest BCUT2D eigenvalue weighted by atomic mass is 10.4. The lowest BCUT2D eigenvalue weighted by Crippen LogP contribution is -2.18. The first-order valence-corrected chi connectivity index (χ1v) is 4.55. The molecule has 12 heavy (non-hydrogen) atoms. The number of aryl methyl sites for hydroxylation is 2. The fraction of sp³-hybridized carbons (Fsp3) is 0.556. The summed E-state index contributed by atoms with van der Waals surface area (Å²) >= 11 is 5.51. The van der Waals surface area contributed by atoms with E-state index in [2.05, 4.69) is 4.57 Å². The summed E-state index contributed by atoms with van der Waals surface area (Å²) < 4.78 is 2.06. The van der Waals surface area contributed by atoms with Gasteiger partial charge in [0.05, 0.1) is 12.0 Å². The topological polar surface area (TPSA) is 25.2 Å². The van der Waals surface area contributed by atoms with Gasteiger partial charge in [0.25, 0.3) is 0 Å². The van der Waals surface area contributed by atoms with Crippen molar-refractivity contribution in [1.82, 2.24) is 4.57 Å². The summed E-state index contributed by atoms with van der Waals surface area (Å²) in [6, 6.07) is 4.08. The monoisotopic (exact) mass is 187 g/mol. The van der Waals surface area contributed by atoms with Crippen LogP contribution in [0.25, 0.3) is 0 Å². The van der Waals surface area contributed by atoms with Crippen molar-refractivity contribution in [3.05, 3.63) is 23.5 Å². The number of nitrogens with zero attached hydrogens (tertiary/aromatic N) is 1. The molecule has 2 nitrogen and oxygen atoms in total. The Bertz CT molecular complexity index is 238. The molecule has 0 amide bonds. The van der Waals surface area contributed by atoms with Crippen molar-refractivity contribution in [1.29, 1.82) is 0 Å². The van der Waals surface area contributed by atoms with E-state index in [9.17, 15) is 5.11 Å². The van der Waals surface area contributed by atoms with E-state index in [0.717, 1.165) is 11.4 Å². The van der Waals surface area contributed by atoms with Crippen LogP contribution in [0.5, 0.6) is 0 Å². The molecule has 1 N–H and O–H groups in total. The first kappa shape index (κ1) is 9.62. The van der Waals surface area contributed by atoms with Crippen molar-refractivity contribution in [2.75, 3.05) is 5.88 Å². The Kier molecular flexibility index (Phi) is 3.18. The third kappa shape index (κ3) is 2.02. The van der Waals surface area contributed by atoms with Crippen LogP contribution in [0.2, 0.25) is 0 Å². The highest BCUT2D eigenvalue weighted by molar-refractivity contribution is 6.18. The van der Waals surface area contributed by atoms with Gasteiger partial charge in [-0.1, -0.05) is 0 Å². The van der Waals surface area contributed by atoms with Crippen LogP contribution < -0.4 is 0 Å². The van der Waals surface area contributed by atoms with Gasteiger partial charge >= 0.3 is 0 Å². The lowest BCUT2D eigenvalue weighted by molar-refractivity contribution is 0.175. The van der Waals surface area contributed by atoms with Gasteiger partial charge in [-0.05, 0) is 26.0 Å². The molecule has 0 saturated heterocycles. The highest BCUT2D eigenvalue weighted by atomic mass is 35.5. The van der Waals surface area contributed by atoms with Crippen molar-refractivity contribution in [2.24, 2.45) is 0 Å². The second kappa shape index (κ2) is 3.97. The van der Waals surface area contributed by atoms with E-state index in [1.165, 1.54) is 0 Å². The van der Waals surface area contributed by atoms with Crippen LogP contribution in [0.3, 0.4) is 0 Å². The van der Waals surface area contributed by atoms with Crippen molar-refractivity contribution >= 4 is 11.6 Å². The van der Waals surface area contributed by atoms with Crippen LogP contribution in [0.1, 0.15) is 11.4 Å². The first-order chi connectivity index (χ1) is 5.65. The first-order valence-electron chi connectivity index (χ1n) is 4.02. The molecule has 0 radical (unpaired) electrons. The summed E-state index contributed by atoms with van der Waals surface area (Å²) in [5, 5.41) is 9.33. The molecule has 0 fully saturated rings. The van der Waals surface area contributed by atoms with E-state index in [-0.39, 0.29) is 5.88 Å². The molecule has 68 valence electrons. The predicted molar refractivity (Wildman–Crippen MR) is 50.6 cm³/mol. The number of aliphatic hydroxyl groups excluding tert-OH is 1. The maximum atomic E-state index is 9.33. The highest BCUT2D eigenvalue weighted by Crippen LogP contribution is 2.08. The van der Waals surface area contributed by atoms with Crippen LogP contribution in [0, 0.1) is 13.8 Å². The number of hydrogen-bond donors (Lipinski definition) is 1. The number of hydrogen-bond acceptors (Lipinski definition) is 1. The summed E-state index contributed by atoms with van der Waals surface area (Å²) in [5.41, 5.74) is 2.33. The van der Waals surface area contributed by atoms with Crippen LogP contribution >= 0.6 is 11.6 Å². The molecule has 0 aliphatic carbocycles. The SMILES string of the molecule is Cc1ccc(C)n1C[C@@H](O)CCl. The van der Waals surface area contributed by atoms with Crippen LogP contribution in [0.15, 0.2) is 12.1 Å². The van der Waals surface area contributed by atoms with E-state index in [1.807, 2.05) is 26.0 Å². The van der Waals surface area contributed by atoms with E-state index in [1.54, 1.807) is 0 Å². The zero-order valence-corrected chi connectivity index (χ0v) is 8.17. The lowest BCUT2D eigenvalue weighted by Gasteiger charge is -2.12. The van der Waals surface area contributed by atoms with Crippen molar-refractivity contribution < 1.29 is 5.11 Å². The Hall–Kier alpha value is -0.470. The molecular weight excluding hydrogens is 174 g/mol. The second-order valence-corrected chi connectivity index (χ2v) is 3.34. The molecule has 0 spiro atoms. The average Bonchev–Trinajstić information content (AvgIpc) is 2.35. The molecular formula is C9H14ClNO.